The third-order valence-corrected chi connectivity index (χ3v) is 3.20. The minimum absolute atomic E-state index is 0.299. The number of carbonyl (C=O) groups is 1. The largest absolute Gasteiger partial charge is 0.463 e. The molecule has 2 nitrogen and oxygen atoms in total. The van der Waals surface area contributed by atoms with Gasteiger partial charge in [0, 0.05) is 6.08 Å². The normalized spacial score (nSPS) is 13.2. The number of allylic oxidation sites excluding steroid dienone is 13. The lowest BCUT2D eigenvalue weighted by Crippen LogP contribution is -1.98. The van der Waals surface area contributed by atoms with Crippen molar-refractivity contribution in [2.75, 3.05) is 6.61 Å². The first-order chi connectivity index (χ1) is 12.8. The monoisotopic (exact) mass is 354 g/mol. The average Bonchev–Trinajstić information content (AvgIpc) is 2.64. The van der Waals surface area contributed by atoms with E-state index in [1.165, 1.54) is 6.08 Å². The SMILES string of the molecule is CC/C=C\C/C=C\C/C=C\C/C=C\C/C=C\C/C=C/C=C/C(=O)OCC. The molecule has 0 saturated carbocycles. The molecule has 0 heterocycles. The summed E-state index contributed by atoms with van der Waals surface area (Å²) in [6.07, 6.45) is 34.8. The standard InChI is InChI=1S/C24H34O2/c1-3-5-6-7-8-9-10-11-12-13-14-15-16-17-18-19-20-21-22-23-24(25)26-4-2/h5-6,8-9,11-12,14-15,17-18,20-23H,3-4,7,10,13,16,19H2,1-2H3/b6-5-,9-8-,12-11-,15-14-,18-17-,21-20+,23-22+. The Kier molecular flexibility index (Phi) is 18.8. The number of carbonyl (C=O) groups excluding carboxylic acids is 1. The molecule has 0 aromatic rings. The third-order valence-electron chi connectivity index (χ3n) is 3.20. The van der Waals surface area contributed by atoms with E-state index in [2.05, 4.69) is 67.7 Å². The van der Waals surface area contributed by atoms with E-state index < -0.39 is 0 Å². The first-order valence-corrected chi connectivity index (χ1v) is 9.56. The topological polar surface area (TPSA) is 26.3 Å². The number of hydrogen-bond donors (Lipinski definition) is 0. The molecule has 0 amide bonds. The minimum Gasteiger partial charge on any atom is -0.463 e. The van der Waals surface area contributed by atoms with Crippen LogP contribution in [0.5, 0.6) is 0 Å². The molecule has 0 N–H and O–H groups in total. The highest BCUT2D eigenvalue weighted by atomic mass is 16.5. The molecule has 0 aliphatic carbocycles. The van der Waals surface area contributed by atoms with Crippen LogP contribution in [0, 0.1) is 0 Å². The zero-order valence-corrected chi connectivity index (χ0v) is 16.3. The minimum atomic E-state index is -0.299. The summed E-state index contributed by atoms with van der Waals surface area (Å²) in [6, 6.07) is 0. The van der Waals surface area contributed by atoms with Crippen molar-refractivity contribution in [2.45, 2.75) is 52.4 Å². The molecule has 0 aromatic heterocycles. The van der Waals surface area contributed by atoms with Gasteiger partial charge in [-0.05, 0) is 45.4 Å². The molecule has 0 unspecified atom stereocenters. The third kappa shape index (κ3) is 19.7. The first kappa shape index (κ1) is 23.6. The molecule has 0 bridgehead atoms. The molecule has 0 aliphatic rings. The van der Waals surface area contributed by atoms with Crippen molar-refractivity contribution in [3.05, 3.63) is 85.1 Å². The Bertz CT molecular complexity index is 528. The van der Waals surface area contributed by atoms with Crippen LogP contribution in [-0.4, -0.2) is 12.6 Å². The van der Waals surface area contributed by atoms with Crippen LogP contribution in [0.15, 0.2) is 85.1 Å². The van der Waals surface area contributed by atoms with Crippen LogP contribution in [0.3, 0.4) is 0 Å². The second-order valence-corrected chi connectivity index (χ2v) is 5.48. The fraction of sp³-hybridized carbons (Fsp3) is 0.375. The lowest BCUT2D eigenvalue weighted by Gasteiger charge is -1.92. The van der Waals surface area contributed by atoms with Crippen molar-refractivity contribution in [2.24, 2.45) is 0 Å². The second-order valence-electron chi connectivity index (χ2n) is 5.48. The van der Waals surface area contributed by atoms with Crippen LogP contribution < -0.4 is 0 Å². The maximum atomic E-state index is 11.1. The van der Waals surface area contributed by atoms with Crippen molar-refractivity contribution < 1.29 is 9.53 Å². The van der Waals surface area contributed by atoms with E-state index in [0.29, 0.717) is 6.61 Å². The van der Waals surface area contributed by atoms with E-state index >= 15 is 0 Å². The van der Waals surface area contributed by atoms with Gasteiger partial charge in [-0.1, -0.05) is 85.9 Å². The van der Waals surface area contributed by atoms with Gasteiger partial charge in [-0.25, -0.2) is 4.79 Å². The van der Waals surface area contributed by atoms with Gasteiger partial charge in [0.2, 0.25) is 0 Å². The highest BCUT2D eigenvalue weighted by Gasteiger charge is 1.89. The lowest BCUT2D eigenvalue weighted by atomic mass is 10.2. The Hall–Kier alpha value is -2.35. The highest BCUT2D eigenvalue weighted by molar-refractivity contribution is 5.82. The quantitative estimate of drug-likeness (QED) is 0.148. The molecule has 2 heteroatoms. The van der Waals surface area contributed by atoms with Crippen LogP contribution >= 0.6 is 0 Å². The Labute approximate surface area is 160 Å². The number of rotatable bonds is 14. The lowest BCUT2D eigenvalue weighted by molar-refractivity contribution is -0.137. The summed E-state index contributed by atoms with van der Waals surface area (Å²) in [5.74, 6) is -0.299. The molecule has 0 aliphatic heterocycles. The van der Waals surface area contributed by atoms with Crippen molar-refractivity contribution in [3.63, 3.8) is 0 Å². The maximum Gasteiger partial charge on any atom is 0.330 e. The van der Waals surface area contributed by atoms with Crippen molar-refractivity contribution >= 4 is 5.97 Å². The van der Waals surface area contributed by atoms with Crippen molar-refractivity contribution in [1.29, 1.82) is 0 Å². The molecular formula is C24H34O2. The Morgan fingerprint density at radius 3 is 1.46 bits per heavy atom. The molecule has 142 valence electrons. The summed E-state index contributed by atoms with van der Waals surface area (Å²) >= 11 is 0. The molecular weight excluding hydrogens is 320 g/mol. The van der Waals surface area contributed by atoms with E-state index in [9.17, 15) is 4.79 Å². The van der Waals surface area contributed by atoms with Gasteiger partial charge in [0.05, 0.1) is 6.61 Å². The molecule has 0 saturated heterocycles. The predicted octanol–water partition coefficient (Wildman–Crippen LogP) is 6.80. The Morgan fingerprint density at radius 1 is 0.615 bits per heavy atom. The molecule has 0 spiro atoms. The zero-order valence-electron chi connectivity index (χ0n) is 16.3. The van der Waals surface area contributed by atoms with E-state index in [-0.39, 0.29) is 5.97 Å². The van der Waals surface area contributed by atoms with Gasteiger partial charge in [0.25, 0.3) is 0 Å². The average molecular weight is 355 g/mol. The van der Waals surface area contributed by atoms with Gasteiger partial charge in [-0.2, -0.15) is 0 Å². The van der Waals surface area contributed by atoms with Crippen molar-refractivity contribution in [3.8, 4) is 0 Å². The summed E-state index contributed by atoms with van der Waals surface area (Å²) in [7, 11) is 0. The molecule has 0 radical (unpaired) electrons. The van der Waals surface area contributed by atoms with Crippen LogP contribution in [0.4, 0.5) is 0 Å². The fourth-order valence-corrected chi connectivity index (χ4v) is 1.91. The van der Waals surface area contributed by atoms with Crippen LogP contribution in [0.1, 0.15) is 52.4 Å². The number of ether oxygens (including phenoxy) is 1. The second kappa shape index (κ2) is 20.7. The summed E-state index contributed by atoms with van der Waals surface area (Å²) in [6.45, 7) is 4.35. The maximum absolute atomic E-state index is 11.1. The Balaban J connectivity index is 3.62. The van der Waals surface area contributed by atoms with Gasteiger partial charge in [0.15, 0.2) is 0 Å². The molecule has 0 fully saturated rings. The number of hydrogen-bond acceptors (Lipinski definition) is 2. The summed E-state index contributed by atoms with van der Waals surface area (Å²) in [5, 5.41) is 0. The fourth-order valence-electron chi connectivity index (χ4n) is 1.91. The highest BCUT2D eigenvalue weighted by Crippen LogP contribution is 1.96. The summed E-state index contributed by atoms with van der Waals surface area (Å²) < 4.78 is 4.79. The molecule has 26 heavy (non-hydrogen) atoms. The van der Waals surface area contributed by atoms with Crippen molar-refractivity contribution in [1.82, 2.24) is 0 Å². The summed E-state index contributed by atoms with van der Waals surface area (Å²) in [4.78, 5) is 11.1. The number of esters is 1. The zero-order chi connectivity index (χ0) is 19.1. The summed E-state index contributed by atoms with van der Waals surface area (Å²) in [5.41, 5.74) is 0. The smallest absolute Gasteiger partial charge is 0.330 e. The van der Waals surface area contributed by atoms with E-state index in [0.717, 1.165) is 38.5 Å². The van der Waals surface area contributed by atoms with Gasteiger partial charge in [-0.3, -0.25) is 0 Å². The van der Waals surface area contributed by atoms with Crippen LogP contribution in [0.25, 0.3) is 0 Å². The van der Waals surface area contributed by atoms with Crippen LogP contribution in [0.2, 0.25) is 0 Å². The molecule has 0 atom stereocenters. The van der Waals surface area contributed by atoms with Gasteiger partial charge in [0.1, 0.15) is 0 Å². The van der Waals surface area contributed by atoms with Gasteiger partial charge >= 0.3 is 5.97 Å². The van der Waals surface area contributed by atoms with Crippen LogP contribution in [-0.2, 0) is 9.53 Å². The van der Waals surface area contributed by atoms with E-state index in [4.69, 9.17) is 4.74 Å². The van der Waals surface area contributed by atoms with E-state index in [1.807, 2.05) is 12.2 Å². The van der Waals surface area contributed by atoms with Gasteiger partial charge in [-0.15, -0.1) is 0 Å². The molecule has 0 rings (SSSR count). The van der Waals surface area contributed by atoms with E-state index in [1.54, 1.807) is 13.0 Å². The predicted molar refractivity (Wildman–Crippen MR) is 114 cm³/mol. The van der Waals surface area contributed by atoms with Gasteiger partial charge < -0.3 is 4.74 Å². The molecule has 0 aromatic carbocycles. The Morgan fingerprint density at radius 2 is 1.04 bits per heavy atom. The first-order valence-electron chi connectivity index (χ1n) is 9.56.